The van der Waals surface area contributed by atoms with Crippen LogP contribution >= 0.6 is 0 Å². The van der Waals surface area contributed by atoms with E-state index < -0.39 is 0 Å². The van der Waals surface area contributed by atoms with Crippen LogP contribution < -0.4 is 4.74 Å². The van der Waals surface area contributed by atoms with Gasteiger partial charge in [0, 0.05) is 39.1 Å². The van der Waals surface area contributed by atoms with Crippen LogP contribution in [0, 0.1) is 0 Å². The molecule has 0 saturated carbocycles. The molecular formula is C23H25N3O2. The first-order valence-electron chi connectivity index (χ1n) is 9.59. The van der Waals surface area contributed by atoms with Gasteiger partial charge in [0.2, 0.25) is 0 Å². The van der Waals surface area contributed by atoms with E-state index in [1.54, 1.807) is 19.0 Å². The van der Waals surface area contributed by atoms with Crippen LogP contribution in [-0.2, 0) is 6.54 Å². The van der Waals surface area contributed by atoms with Crippen LogP contribution in [-0.4, -0.2) is 41.0 Å². The van der Waals surface area contributed by atoms with E-state index in [0.29, 0.717) is 6.54 Å². The van der Waals surface area contributed by atoms with Crippen LogP contribution in [0.4, 0.5) is 4.79 Å². The standard InChI is InChI=1S/C23H25N3O2/c1-24(2)23(27)26-16-8-15-25-14-7-13-21(25)22(26)18-9-6-12-20(17-18)28-19-10-4-3-5-11-19/h3-7,9-14,17,22H,8,15-16H2,1-2H3. The molecule has 1 aliphatic heterocycles. The zero-order chi connectivity index (χ0) is 19.5. The number of urea groups is 1. The fourth-order valence-electron chi connectivity index (χ4n) is 3.77. The molecule has 2 amide bonds. The molecule has 0 aliphatic carbocycles. The number of carbonyl (C=O) groups excluding carboxylic acids is 1. The first-order chi connectivity index (χ1) is 13.6. The Morgan fingerprint density at radius 3 is 2.54 bits per heavy atom. The smallest absolute Gasteiger partial charge is 0.320 e. The third kappa shape index (κ3) is 3.60. The van der Waals surface area contributed by atoms with Crippen LogP contribution in [0.1, 0.15) is 23.7 Å². The number of amides is 2. The minimum atomic E-state index is -0.147. The van der Waals surface area contributed by atoms with Gasteiger partial charge in [0.05, 0.1) is 6.04 Å². The highest BCUT2D eigenvalue weighted by atomic mass is 16.5. The van der Waals surface area contributed by atoms with E-state index in [0.717, 1.165) is 35.7 Å². The van der Waals surface area contributed by atoms with Gasteiger partial charge in [-0.3, -0.25) is 0 Å². The molecule has 5 heteroatoms. The monoisotopic (exact) mass is 375 g/mol. The minimum absolute atomic E-state index is 0.0223. The second-order valence-corrected chi connectivity index (χ2v) is 7.24. The molecule has 1 aromatic heterocycles. The van der Waals surface area contributed by atoms with Crippen molar-refractivity contribution in [3.8, 4) is 11.5 Å². The summed E-state index contributed by atoms with van der Waals surface area (Å²) in [5, 5.41) is 0. The lowest BCUT2D eigenvalue weighted by Crippen LogP contribution is -2.42. The van der Waals surface area contributed by atoms with Crippen LogP contribution in [0.15, 0.2) is 72.9 Å². The van der Waals surface area contributed by atoms with Crippen molar-refractivity contribution in [1.29, 1.82) is 0 Å². The largest absolute Gasteiger partial charge is 0.457 e. The molecule has 0 radical (unpaired) electrons. The summed E-state index contributed by atoms with van der Waals surface area (Å²) in [5.74, 6) is 1.56. The van der Waals surface area contributed by atoms with Gasteiger partial charge in [-0.05, 0) is 48.4 Å². The Hall–Kier alpha value is -3.21. The molecule has 2 aromatic carbocycles. The Morgan fingerprint density at radius 2 is 1.75 bits per heavy atom. The van der Waals surface area contributed by atoms with E-state index in [4.69, 9.17) is 4.74 Å². The average Bonchev–Trinajstić information content (AvgIpc) is 3.08. The zero-order valence-corrected chi connectivity index (χ0v) is 16.3. The molecule has 1 unspecified atom stereocenters. The number of ether oxygens (including phenoxy) is 1. The third-order valence-corrected chi connectivity index (χ3v) is 5.04. The number of benzene rings is 2. The van der Waals surface area contributed by atoms with Gasteiger partial charge in [-0.25, -0.2) is 4.79 Å². The lowest BCUT2D eigenvalue weighted by molar-refractivity contribution is 0.158. The molecule has 0 bridgehead atoms. The number of nitrogens with zero attached hydrogens (tertiary/aromatic N) is 3. The quantitative estimate of drug-likeness (QED) is 0.662. The lowest BCUT2D eigenvalue weighted by atomic mass is 10.0. The normalized spacial score (nSPS) is 16.2. The summed E-state index contributed by atoms with van der Waals surface area (Å²) < 4.78 is 8.28. The van der Waals surface area contributed by atoms with Crippen LogP contribution in [0.25, 0.3) is 0 Å². The second-order valence-electron chi connectivity index (χ2n) is 7.24. The summed E-state index contributed by atoms with van der Waals surface area (Å²) in [6, 6.07) is 21.8. The number of rotatable bonds is 3. The van der Waals surface area contributed by atoms with Crippen molar-refractivity contribution >= 4 is 6.03 Å². The van der Waals surface area contributed by atoms with E-state index in [1.165, 1.54) is 0 Å². The molecule has 28 heavy (non-hydrogen) atoms. The molecule has 1 atom stereocenters. The predicted octanol–water partition coefficient (Wildman–Crippen LogP) is 4.76. The molecule has 0 fully saturated rings. The van der Waals surface area contributed by atoms with Crippen molar-refractivity contribution in [2.75, 3.05) is 20.6 Å². The summed E-state index contributed by atoms with van der Waals surface area (Å²) in [6.07, 6.45) is 3.02. The van der Waals surface area contributed by atoms with Crippen molar-refractivity contribution in [2.45, 2.75) is 19.0 Å². The molecular weight excluding hydrogens is 350 g/mol. The Bertz CT molecular complexity index is 949. The van der Waals surface area contributed by atoms with Gasteiger partial charge in [0.15, 0.2) is 0 Å². The summed E-state index contributed by atoms with van der Waals surface area (Å²) in [4.78, 5) is 16.6. The highest BCUT2D eigenvalue weighted by Gasteiger charge is 2.31. The maximum Gasteiger partial charge on any atom is 0.320 e. The summed E-state index contributed by atoms with van der Waals surface area (Å²) in [5.41, 5.74) is 2.18. The number of aryl methyl sites for hydroxylation is 1. The van der Waals surface area contributed by atoms with Gasteiger partial charge < -0.3 is 19.1 Å². The van der Waals surface area contributed by atoms with Gasteiger partial charge in [-0.15, -0.1) is 0 Å². The van der Waals surface area contributed by atoms with Crippen molar-refractivity contribution in [2.24, 2.45) is 0 Å². The first-order valence-corrected chi connectivity index (χ1v) is 9.59. The first kappa shape index (κ1) is 18.2. The minimum Gasteiger partial charge on any atom is -0.457 e. The number of hydrogen-bond donors (Lipinski definition) is 0. The topological polar surface area (TPSA) is 37.7 Å². The average molecular weight is 375 g/mol. The molecule has 0 N–H and O–H groups in total. The zero-order valence-electron chi connectivity index (χ0n) is 16.3. The predicted molar refractivity (Wildman–Crippen MR) is 110 cm³/mol. The highest BCUT2D eigenvalue weighted by molar-refractivity contribution is 5.75. The van der Waals surface area contributed by atoms with Gasteiger partial charge >= 0.3 is 6.03 Å². The fraction of sp³-hybridized carbons (Fsp3) is 0.261. The number of fused-ring (bicyclic) bond motifs is 1. The van der Waals surface area contributed by atoms with E-state index in [1.807, 2.05) is 53.4 Å². The number of carbonyl (C=O) groups is 1. The van der Waals surface area contributed by atoms with Crippen LogP contribution in [0.2, 0.25) is 0 Å². The SMILES string of the molecule is CN(C)C(=O)N1CCCn2cccc2C1c1cccc(Oc2ccccc2)c1. The molecule has 0 saturated heterocycles. The lowest BCUT2D eigenvalue weighted by Gasteiger charge is -2.33. The van der Waals surface area contributed by atoms with Crippen molar-refractivity contribution < 1.29 is 9.53 Å². The molecule has 0 spiro atoms. The van der Waals surface area contributed by atoms with E-state index in [2.05, 4.69) is 29.0 Å². The Labute approximate surface area is 165 Å². The Kier molecular flexibility index (Phi) is 5.06. The van der Waals surface area contributed by atoms with Crippen molar-refractivity contribution in [3.05, 3.63) is 84.2 Å². The van der Waals surface area contributed by atoms with Crippen molar-refractivity contribution in [1.82, 2.24) is 14.4 Å². The maximum atomic E-state index is 13.0. The maximum absolute atomic E-state index is 13.0. The third-order valence-electron chi connectivity index (χ3n) is 5.04. The summed E-state index contributed by atoms with van der Waals surface area (Å²) in [6.45, 7) is 1.63. The molecule has 3 aromatic rings. The second kappa shape index (κ2) is 7.80. The summed E-state index contributed by atoms with van der Waals surface area (Å²) in [7, 11) is 3.61. The van der Waals surface area contributed by atoms with Crippen LogP contribution in [0.3, 0.4) is 0 Å². The molecule has 144 valence electrons. The van der Waals surface area contributed by atoms with Gasteiger partial charge in [-0.2, -0.15) is 0 Å². The van der Waals surface area contributed by atoms with Crippen molar-refractivity contribution in [3.63, 3.8) is 0 Å². The fourth-order valence-corrected chi connectivity index (χ4v) is 3.77. The van der Waals surface area contributed by atoms with Crippen LogP contribution in [0.5, 0.6) is 11.5 Å². The number of aromatic nitrogens is 1. The molecule has 1 aliphatic rings. The Balaban J connectivity index is 1.73. The summed E-state index contributed by atoms with van der Waals surface area (Å²) >= 11 is 0. The molecule has 5 nitrogen and oxygen atoms in total. The number of hydrogen-bond acceptors (Lipinski definition) is 2. The van der Waals surface area contributed by atoms with E-state index in [-0.39, 0.29) is 12.1 Å². The van der Waals surface area contributed by atoms with Gasteiger partial charge in [-0.1, -0.05) is 30.3 Å². The van der Waals surface area contributed by atoms with Gasteiger partial charge in [0.1, 0.15) is 11.5 Å². The molecule has 4 rings (SSSR count). The highest BCUT2D eigenvalue weighted by Crippen LogP contribution is 2.34. The molecule has 2 heterocycles. The van der Waals surface area contributed by atoms with Gasteiger partial charge in [0.25, 0.3) is 0 Å². The Morgan fingerprint density at radius 1 is 0.964 bits per heavy atom. The number of para-hydroxylation sites is 1. The van der Waals surface area contributed by atoms with E-state index in [9.17, 15) is 4.79 Å². The van der Waals surface area contributed by atoms with E-state index >= 15 is 0 Å².